The van der Waals surface area contributed by atoms with Crippen molar-refractivity contribution >= 4 is 23.1 Å². The Labute approximate surface area is 144 Å². The van der Waals surface area contributed by atoms with Crippen molar-refractivity contribution in [2.75, 3.05) is 0 Å². The van der Waals surface area contributed by atoms with Crippen LogP contribution in [0.5, 0.6) is 0 Å². The average molecular weight is 347 g/mol. The summed E-state index contributed by atoms with van der Waals surface area (Å²) in [6.45, 7) is 4.39. The first-order chi connectivity index (χ1) is 11.5. The second kappa shape index (κ2) is 6.65. The molecule has 0 amide bonds. The van der Waals surface area contributed by atoms with Crippen molar-refractivity contribution in [1.29, 1.82) is 0 Å². The number of aromatic carboxylic acids is 1. The Kier molecular flexibility index (Phi) is 4.57. The van der Waals surface area contributed by atoms with Crippen molar-refractivity contribution < 1.29 is 9.90 Å². The Balaban J connectivity index is 1.99. The van der Waals surface area contributed by atoms with E-state index in [-0.39, 0.29) is 5.69 Å². The zero-order valence-electron chi connectivity index (χ0n) is 13.7. The first-order valence-corrected chi connectivity index (χ1v) is 8.30. The van der Waals surface area contributed by atoms with Gasteiger partial charge in [-0.05, 0) is 44.0 Å². The van der Waals surface area contributed by atoms with Crippen LogP contribution in [0.3, 0.4) is 0 Å². The molecule has 0 atom stereocenters. The number of carboxylic acids is 1. The zero-order chi connectivity index (χ0) is 17.3. The second-order valence-corrected chi connectivity index (χ2v) is 6.31. The molecule has 3 rings (SSSR count). The summed E-state index contributed by atoms with van der Waals surface area (Å²) < 4.78 is 3.51. The van der Waals surface area contributed by atoms with E-state index in [0.717, 1.165) is 41.9 Å². The normalized spacial score (nSPS) is 11.3. The molecule has 3 aromatic rings. The van der Waals surface area contributed by atoms with Gasteiger partial charge in [0.05, 0.1) is 23.4 Å². The number of hydrogen-bond donors (Lipinski definition) is 1. The molecule has 0 aromatic carbocycles. The van der Waals surface area contributed by atoms with Gasteiger partial charge in [-0.15, -0.1) is 0 Å². The third-order valence-electron chi connectivity index (χ3n) is 3.95. The predicted molar refractivity (Wildman–Crippen MR) is 91.8 cm³/mol. The van der Waals surface area contributed by atoms with Crippen molar-refractivity contribution in [3.05, 3.63) is 52.1 Å². The van der Waals surface area contributed by atoms with Crippen molar-refractivity contribution in [3.8, 4) is 0 Å². The van der Waals surface area contributed by atoms with Crippen LogP contribution in [0.4, 0.5) is 0 Å². The van der Waals surface area contributed by atoms with Crippen LogP contribution in [0.25, 0.3) is 5.52 Å². The third-order valence-corrected chi connectivity index (χ3v) is 4.17. The topological polar surface area (TPSA) is 72.4 Å². The molecule has 0 saturated heterocycles. The minimum absolute atomic E-state index is 0.0369. The minimum atomic E-state index is -1.03. The molecular weight excluding hydrogens is 328 g/mol. The number of unbranched alkanes of at least 4 members (excludes halogenated alkanes) is 1. The smallest absolute Gasteiger partial charge is 0.356 e. The fourth-order valence-corrected chi connectivity index (χ4v) is 2.94. The van der Waals surface area contributed by atoms with Crippen LogP contribution in [0.1, 0.15) is 47.3 Å². The molecule has 3 aromatic heterocycles. The summed E-state index contributed by atoms with van der Waals surface area (Å²) in [6.07, 6.45) is 3.14. The van der Waals surface area contributed by atoms with Crippen molar-refractivity contribution in [2.24, 2.45) is 0 Å². The van der Waals surface area contributed by atoms with Crippen LogP contribution in [0.15, 0.2) is 24.3 Å². The van der Waals surface area contributed by atoms with E-state index in [1.54, 1.807) is 10.7 Å². The lowest BCUT2D eigenvalue weighted by Gasteiger charge is -2.08. The fourth-order valence-electron chi connectivity index (χ4n) is 2.70. The van der Waals surface area contributed by atoms with E-state index in [0.29, 0.717) is 11.6 Å². The predicted octanol–water partition coefficient (Wildman–Crippen LogP) is 3.58. The van der Waals surface area contributed by atoms with E-state index in [1.165, 1.54) is 0 Å². The van der Waals surface area contributed by atoms with Gasteiger partial charge in [-0.25, -0.2) is 9.31 Å². The summed E-state index contributed by atoms with van der Waals surface area (Å²) in [5.74, 6) is -1.03. The van der Waals surface area contributed by atoms with Gasteiger partial charge in [0.15, 0.2) is 5.69 Å². The SMILES string of the molecule is CCCCc1cc2cc(Cl)cc(Cn3nc(C(=O)O)cc3C)n2n1. The van der Waals surface area contributed by atoms with Gasteiger partial charge in [0.25, 0.3) is 0 Å². The molecule has 1 N–H and O–H groups in total. The summed E-state index contributed by atoms with van der Waals surface area (Å²) in [4.78, 5) is 11.1. The zero-order valence-corrected chi connectivity index (χ0v) is 14.4. The van der Waals surface area contributed by atoms with Crippen molar-refractivity contribution in [2.45, 2.75) is 39.7 Å². The fraction of sp³-hybridized carbons (Fsp3) is 0.353. The summed E-state index contributed by atoms with van der Waals surface area (Å²) in [5, 5.41) is 18.5. The van der Waals surface area contributed by atoms with E-state index in [2.05, 4.69) is 17.1 Å². The first kappa shape index (κ1) is 16.5. The lowest BCUT2D eigenvalue weighted by molar-refractivity contribution is 0.0689. The molecule has 0 aliphatic rings. The highest BCUT2D eigenvalue weighted by atomic mass is 35.5. The monoisotopic (exact) mass is 346 g/mol. The molecule has 24 heavy (non-hydrogen) atoms. The number of carboxylic acid groups (broad SMARTS) is 1. The highest BCUT2D eigenvalue weighted by molar-refractivity contribution is 6.31. The Morgan fingerprint density at radius 1 is 1.25 bits per heavy atom. The molecule has 0 spiro atoms. The quantitative estimate of drug-likeness (QED) is 0.740. The Hall–Kier alpha value is -2.34. The Bertz CT molecular complexity index is 898. The van der Waals surface area contributed by atoms with Crippen LogP contribution in [-0.4, -0.2) is 30.5 Å². The Morgan fingerprint density at radius 2 is 2.04 bits per heavy atom. The lowest BCUT2D eigenvalue weighted by Crippen LogP contribution is -2.10. The van der Waals surface area contributed by atoms with Crippen LogP contribution in [0, 0.1) is 6.92 Å². The van der Waals surface area contributed by atoms with E-state index >= 15 is 0 Å². The van der Waals surface area contributed by atoms with E-state index in [1.807, 2.05) is 29.6 Å². The molecule has 0 fully saturated rings. The van der Waals surface area contributed by atoms with E-state index in [4.69, 9.17) is 16.7 Å². The summed E-state index contributed by atoms with van der Waals surface area (Å²) in [6, 6.07) is 7.32. The minimum Gasteiger partial charge on any atom is -0.476 e. The lowest BCUT2D eigenvalue weighted by atomic mass is 10.2. The van der Waals surface area contributed by atoms with Gasteiger partial charge >= 0.3 is 5.97 Å². The second-order valence-electron chi connectivity index (χ2n) is 5.87. The number of carbonyl (C=O) groups is 1. The standard InChI is InChI=1S/C17H19ClN4O2/c1-3-4-5-13-9-14-7-12(18)8-15(22(14)19-13)10-21-11(2)6-16(20-21)17(23)24/h6-9H,3-5,10H2,1-2H3,(H,23,24). The molecule has 6 nitrogen and oxygen atoms in total. The molecule has 0 radical (unpaired) electrons. The van der Waals surface area contributed by atoms with E-state index < -0.39 is 5.97 Å². The van der Waals surface area contributed by atoms with Crippen LogP contribution < -0.4 is 0 Å². The van der Waals surface area contributed by atoms with Gasteiger partial charge in [-0.1, -0.05) is 24.9 Å². The average Bonchev–Trinajstić information content (AvgIpc) is 3.09. The molecule has 3 heterocycles. The number of aryl methyl sites for hydroxylation is 2. The highest BCUT2D eigenvalue weighted by Crippen LogP contribution is 2.19. The van der Waals surface area contributed by atoms with Gasteiger partial charge in [0.2, 0.25) is 0 Å². The van der Waals surface area contributed by atoms with Crippen molar-refractivity contribution in [3.63, 3.8) is 0 Å². The third kappa shape index (κ3) is 3.28. The largest absolute Gasteiger partial charge is 0.476 e. The van der Waals surface area contributed by atoms with Gasteiger partial charge in [0.1, 0.15) is 0 Å². The van der Waals surface area contributed by atoms with Crippen LogP contribution in [-0.2, 0) is 13.0 Å². The molecule has 0 aliphatic heterocycles. The van der Waals surface area contributed by atoms with Gasteiger partial charge in [0, 0.05) is 10.7 Å². The van der Waals surface area contributed by atoms with Crippen molar-refractivity contribution in [1.82, 2.24) is 19.4 Å². The Morgan fingerprint density at radius 3 is 2.71 bits per heavy atom. The molecule has 7 heteroatoms. The van der Waals surface area contributed by atoms with Crippen LogP contribution in [0.2, 0.25) is 5.02 Å². The maximum absolute atomic E-state index is 11.1. The molecule has 0 aliphatic carbocycles. The summed E-state index contributed by atoms with van der Waals surface area (Å²) in [7, 11) is 0. The molecule has 0 unspecified atom stereocenters. The first-order valence-electron chi connectivity index (χ1n) is 7.92. The van der Waals surface area contributed by atoms with E-state index in [9.17, 15) is 4.79 Å². The number of pyridine rings is 1. The maximum atomic E-state index is 11.1. The molecule has 0 saturated carbocycles. The molecular formula is C17H19ClN4O2. The number of hydrogen-bond acceptors (Lipinski definition) is 3. The number of aromatic nitrogens is 4. The number of nitrogens with zero attached hydrogens (tertiary/aromatic N) is 4. The number of rotatable bonds is 6. The highest BCUT2D eigenvalue weighted by Gasteiger charge is 2.13. The summed E-state index contributed by atoms with van der Waals surface area (Å²) >= 11 is 6.23. The number of fused-ring (bicyclic) bond motifs is 1. The van der Waals surface area contributed by atoms with Gasteiger partial charge in [-0.3, -0.25) is 4.68 Å². The summed E-state index contributed by atoms with van der Waals surface area (Å²) in [5.41, 5.74) is 3.65. The molecule has 126 valence electrons. The van der Waals surface area contributed by atoms with Crippen LogP contribution >= 0.6 is 11.6 Å². The van der Waals surface area contributed by atoms with Gasteiger partial charge in [-0.2, -0.15) is 10.2 Å². The molecule has 0 bridgehead atoms. The maximum Gasteiger partial charge on any atom is 0.356 e. The number of halogens is 1. The van der Waals surface area contributed by atoms with Gasteiger partial charge < -0.3 is 5.11 Å².